The van der Waals surface area contributed by atoms with Gasteiger partial charge in [-0.25, -0.2) is 4.79 Å². The standard InChI is InChI=1S/C12H6BrNO4/c13-8-5-17-11-6(8)2-1-3-7(11)9-4-10(12(15)16)18-14-9/h1-5H,(H,15,16). The first kappa shape index (κ1) is 11.0. The SMILES string of the molecule is O=C(O)c1cc(-c2cccc3c(Br)coc23)no1. The summed E-state index contributed by atoms with van der Waals surface area (Å²) in [4.78, 5) is 10.7. The number of carboxylic acid groups (broad SMARTS) is 1. The van der Waals surface area contributed by atoms with Gasteiger partial charge in [-0.05, 0) is 28.1 Å². The highest BCUT2D eigenvalue weighted by Gasteiger charge is 2.16. The van der Waals surface area contributed by atoms with Gasteiger partial charge in [-0.3, -0.25) is 0 Å². The third-order valence-electron chi connectivity index (χ3n) is 2.55. The van der Waals surface area contributed by atoms with E-state index in [9.17, 15) is 4.79 Å². The predicted molar refractivity (Wildman–Crippen MR) is 66.4 cm³/mol. The zero-order chi connectivity index (χ0) is 12.7. The first-order valence-electron chi connectivity index (χ1n) is 5.03. The molecular weight excluding hydrogens is 302 g/mol. The Balaban J connectivity index is 2.21. The van der Waals surface area contributed by atoms with Crippen molar-refractivity contribution in [3.63, 3.8) is 0 Å². The van der Waals surface area contributed by atoms with Gasteiger partial charge < -0.3 is 14.0 Å². The maximum absolute atomic E-state index is 10.7. The van der Waals surface area contributed by atoms with Crippen molar-refractivity contribution in [3.05, 3.63) is 40.8 Å². The van der Waals surface area contributed by atoms with Gasteiger partial charge in [0.15, 0.2) is 0 Å². The largest absolute Gasteiger partial charge is 0.475 e. The van der Waals surface area contributed by atoms with Crippen LogP contribution in [0.2, 0.25) is 0 Å². The van der Waals surface area contributed by atoms with Crippen LogP contribution in [0.15, 0.2) is 43.9 Å². The van der Waals surface area contributed by atoms with Crippen LogP contribution in [0.25, 0.3) is 22.2 Å². The molecule has 5 nitrogen and oxygen atoms in total. The van der Waals surface area contributed by atoms with Crippen molar-refractivity contribution in [2.24, 2.45) is 0 Å². The fourth-order valence-electron chi connectivity index (χ4n) is 1.73. The fraction of sp³-hybridized carbons (Fsp3) is 0. The highest BCUT2D eigenvalue weighted by Crippen LogP contribution is 2.33. The summed E-state index contributed by atoms with van der Waals surface area (Å²) in [6, 6.07) is 6.90. The predicted octanol–water partition coefficient (Wildman–Crippen LogP) is 3.55. The van der Waals surface area contributed by atoms with E-state index in [2.05, 4.69) is 21.1 Å². The Hall–Kier alpha value is -2.08. The summed E-state index contributed by atoms with van der Waals surface area (Å²) in [6.45, 7) is 0. The lowest BCUT2D eigenvalue weighted by atomic mass is 10.1. The van der Waals surface area contributed by atoms with E-state index in [-0.39, 0.29) is 5.76 Å². The molecule has 0 saturated carbocycles. The number of carboxylic acids is 1. The number of hydrogen-bond donors (Lipinski definition) is 1. The molecule has 0 atom stereocenters. The molecule has 0 aliphatic heterocycles. The average Bonchev–Trinajstić information content (AvgIpc) is 2.97. The Labute approximate surface area is 109 Å². The number of nitrogens with zero attached hydrogens (tertiary/aromatic N) is 1. The van der Waals surface area contributed by atoms with E-state index in [0.717, 1.165) is 9.86 Å². The summed E-state index contributed by atoms with van der Waals surface area (Å²) in [5.74, 6) is -1.35. The van der Waals surface area contributed by atoms with Crippen LogP contribution in [0, 0.1) is 0 Å². The minimum absolute atomic E-state index is 0.201. The Morgan fingerprint density at radius 2 is 2.22 bits per heavy atom. The Bertz CT molecular complexity index is 743. The minimum atomic E-state index is -1.15. The summed E-state index contributed by atoms with van der Waals surface area (Å²) < 4.78 is 11.0. The van der Waals surface area contributed by atoms with Crippen molar-refractivity contribution in [1.82, 2.24) is 5.16 Å². The van der Waals surface area contributed by atoms with Crippen LogP contribution in [0.5, 0.6) is 0 Å². The van der Waals surface area contributed by atoms with Crippen LogP contribution in [-0.2, 0) is 0 Å². The van der Waals surface area contributed by atoms with E-state index < -0.39 is 5.97 Å². The Kier molecular flexibility index (Phi) is 2.45. The maximum Gasteiger partial charge on any atom is 0.374 e. The summed E-state index contributed by atoms with van der Waals surface area (Å²) >= 11 is 3.37. The summed E-state index contributed by atoms with van der Waals surface area (Å²) in [5.41, 5.74) is 1.75. The van der Waals surface area contributed by atoms with Gasteiger partial charge in [0.1, 0.15) is 17.5 Å². The molecule has 0 bridgehead atoms. The van der Waals surface area contributed by atoms with E-state index in [0.29, 0.717) is 16.8 Å². The van der Waals surface area contributed by atoms with Gasteiger partial charge in [0, 0.05) is 17.0 Å². The lowest BCUT2D eigenvalue weighted by Gasteiger charge is -1.96. The number of halogens is 1. The summed E-state index contributed by atoms with van der Waals surface area (Å²) in [6.07, 6.45) is 1.58. The van der Waals surface area contributed by atoms with Crippen LogP contribution >= 0.6 is 15.9 Å². The van der Waals surface area contributed by atoms with Crippen molar-refractivity contribution < 1.29 is 18.8 Å². The van der Waals surface area contributed by atoms with Crippen molar-refractivity contribution >= 4 is 32.9 Å². The first-order valence-corrected chi connectivity index (χ1v) is 5.82. The molecule has 3 rings (SSSR count). The van der Waals surface area contributed by atoms with E-state index in [4.69, 9.17) is 14.0 Å². The van der Waals surface area contributed by atoms with Crippen LogP contribution in [-0.4, -0.2) is 16.2 Å². The Morgan fingerprint density at radius 1 is 1.39 bits per heavy atom. The molecule has 0 fully saturated rings. The zero-order valence-electron chi connectivity index (χ0n) is 8.88. The van der Waals surface area contributed by atoms with Gasteiger partial charge in [0.25, 0.3) is 0 Å². The van der Waals surface area contributed by atoms with Crippen LogP contribution in [0.1, 0.15) is 10.6 Å². The van der Waals surface area contributed by atoms with Crippen molar-refractivity contribution in [2.45, 2.75) is 0 Å². The molecule has 0 saturated heterocycles. The van der Waals surface area contributed by atoms with Crippen molar-refractivity contribution in [2.75, 3.05) is 0 Å². The lowest BCUT2D eigenvalue weighted by molar-refractivity contribution is 0.0652. The van der Waals surface area contributed by atoms with Crippen LogP contribution < -0.4 is 0 Å². The van der Waals surface area contributed by atoms with Crippen molar-refractivity contribution in [1.29, 1.82) is 0 Å². The first-order chi connectivity index (χ1) is 8.66. The van der Waals surface area contributed by atoms with E-state index >= 15 is 0 Å². The van der Waals surface area contributed by atoms with Gasteiger partial charge in [-0.1, -0.05) is 11.2 Å². The molecular formula is C12H6BrNO4. The van der Waals surface area contributed by atoms with Gasteiger partial charge in [-0.15, -0.1) is 0 Å². The number of aromatic carboxylic acids is 1. The normalized spacial score (nSPS) is 10.9. The highest BCUT2D eigenvalue weighted by atomic mass is 79.9. The average molecular weight is 308 g/mol. The number of furan rings is 1. The summed E-state index contributed by atoms with van der Waals surface area (Å²) in [7, 11) is 0. The van der Waals surface area contributed by atoms with Crippen molar-refractivity contribution in [3.8, 4) is 11.3 Å². The second-order valence-electron chi connectivity index (χ2n) is 3.65. The molecule has 18 heavy (non-hydrogen) atoms. The fourth-order valence-corrected chi connectivity index (χ4v) is 2.14. The number of para-hydroxylation sites is 1. The molecule has 1 aromatic carbocycles. The summed E-state index contributed by atoms with van der Waals surface area (Å²) in [5, 5.41) is 13.4. The molecule has 0 radical (unpaired) electrons. The lowest BCUT2D eigenvalue weighted by Crippen LogP contribution is -1.91. The number of hydrogen-bond acceptors (Lipinski definition) is 4. The number of benzene rings is 1. The molecule has 0 unspecified atom stereocenters. The van der Waals surface area contributed by atoms with Gasteiger partial charge >= 0.3 is 5.97 Å². The van der Waals surface area contributed by atoms with Crippen LogP contribution in [0.4, 0.5) is 0 Å². The number of carbonyl (C=O) groups is 1. The second-order valence-corrected chi connectivity index (χ2v) is 4.50. The van der Waals surface area contributed by atoms with Crippen LogP contribution in [0.3, 0.4) is 0 Å². The second kappa shape index (κ2) is 3.99. The topological polar surface area (TPSA) is 76.5 Å². The van der Waals surface area contributed by atoms with Gasteiger partial charge in [0.05, 0.1) is 4.47 Å². The highest BCUT2D eigenvalue weighted by molar-refractivity contribution is 9.10. The molecule has 0 amide bonds. The van der Waals surface area contributed by atoms with Gasteiger partial charge in [0.2, 0.25) is 5.76 Å². The quantitative estimate of drug-likeness (QED) is 0.783. The third kappa shape index (κ3) is 1.62. The molecule has 2 heterocycles. The minimum Gasteiger partial charge on any atom is -0.475 e. The van der Waals surface area contributed by atoms with Gasteiger partial charge in [-0.2, -0.15) is 0 Å². The number of aromatic nitrogens is 1. The molecule has 90 valence electrons. The maximum atomic E-state index is 10.7. The van der Waals surface area contributed by atoms with E-state index in [1.165, 1.54) is 6.07 Å². The van der Waals surface area contributed by atoms with E-state index in [1.54, 1.807) is 12.3 Å². The zero-order valence-corrected chi connectivity index (χ0v) is 10.5. The molecule has 1 N–H and O–H groups in total. The molecule has 0 aliphatic carbocycles. The number of rotatable bonds is 2. The molecule has 2 aromatic heterocycles. The molecule has 6 heteroatoms. The van der Waals surface area contributed by atoms with E-state index in [1.807, 2.05) is 12.1 Å². The molecule has 3 aromatic rings. The smallest absolute Gasteiger partial charge is 0.374 e. The number of fused-ring (bicyclic) bond motifs is 1. The third-order valence-corrected chi connectivity index (χ3v) is 3.16. The monoisotopic (exact) mass is 307 g/mol. The molecule has 0 spiro atoms. The Morgan fingerprint density at radius 3 is 2.94 bits per heavy atom. The molecule has 0 aliphatic rings.